The van der Waals surface area contributed by atoms with Crippen molar-refractivity contribution in [1.29, 1.82) is 0 Å². The van der Waals surface area contributed by atoms with Crippen LogP contribution in [-0.2, 0) is 0 Å². The maximum atomic E-state index is 4.31. The summed E-state index contributed by atoms with van der Waals surface area (Å²) in [6.45, 7) is 4.68. The van der Waals surface area contributed by atoms with Gasteiger partial charge in [0.1, 0.15) is 4.60 Å². The molecule has 2 nitrogen and oxygen atoms in total. The Bertz CT molecular complexity index is 327. The van der Waals surface area contributed by atoms with Crippen LogP contribution in [-0.4, -0.2) is 23.0 Å². The molecule has 0 saturated carbocycles. The van der Waals surface area contributed by atoms with E-state index < -0.39 is 0 Å². The second kappa shape index (κ2) is 5.08. The molecule has 1 atom stereocenters. The molecule has 2 rings (SSSR count). The third kappa shape index (κ3) is 2.40. The molecule has 0 N–H and O–H groups in total. The lowest BCUT2D eigenvalue weighted by molar-refractivity contribution is 0.257. The molecule has 3 heteroatoms. The molecule has 82 valence electrons. The van der Waals surface area contributed by atoms with Crippen LogP contribution in [0.15, 0.2) is 22.9 Å². The summed E-state index contributed by atoms with van der Waals surface area (Å²) in [6.07, 6.45) is 5.65. The molecule has 1 aromatic heterocycles. The Hall–Kier alpha value is -0.410. The van der Waals surface area contributed by atoms with Crippen LogP contribution < -0.4 is 0 Å². The van der Waals surface area contributed by atoms with Gasteiger partial charge < -0.3 is 0 Å². The van der Waals surface area contributed by atoms with E-state index in [0.29, 0.717) is 6.04 Å². The molecule has 0 aliphatic carbocycles. The number of rotatable bonds is 3. The largest absolute Gasteiger partial charge is 0.296 e. The Balaban J connectivity index is 2.19. The van der Waals surface area contributed by atoms with Gasteiger partial charge in [0.25, 0.3) is 0 Å². The molecule has 0 amide bonds. The van der Waals surface area contributed by atoms with Gasteiger partial charge >= 0.3 is 0 Å². The normalized spacial score (nSPS) is 22.1. The van der Waals surface area contributed by atoms with Crippen LogP contribution in [0.4, 0.5) is 0 Å². The Morgan fingerprint density at radius 2 is 2.47 bits per heavy atom. The van der Waals surface area contributed by atoms with Crippen LogP contribution in [0.2, 0.25) is 0 Å². The van der Waals surface area contributed by atoms with Crippen molar-refractivity contribution < 1.29 is 0 Å². The van der Waals surface area contributed by atoms with Gasteiger partial charge in [-0.1, -0.05) is 13.0 Å². The summed E-state index contributed by atoms with van der Waals surface area (Å²) in [7, 11) is 0. The van der Waals surface area contributed by atoms with Crippen molar-refractivity contribution in [2.75, 3.05) is 13.1 Å². The maximum Gasteiger partial charge on any atom is 0.110 e. The molecule has 1 aliphatic heterocycles. The third-order valence-corrected chi connectivity index (χ3v) is 3.68. The fourth-order valence-corrected chi connectivity index (χ4v) is 2.89. The van der Waals surface area contributed by atoms with Crippen molar-refractivity contribution in [2.45, 2.75) is 32.2 Å². The highest BCUT2D eigenvalue weighted by Gasteiger charge is 2.26. The third-order valence-electron chi connectivity index (χ3n) is 3.02. The van der Waals surface area contributed by atoms with Crippen LogP contribution in [0.25, 0.3) is 0 Å². The summed E-state index contributed by atoms with van der Waals surface area (Å²) in [6, 6.07) is 4.80. The monoisotopic (exact) mass is 268 g/mol. The first-order chi connectivity index (χ1) is 7.33. The van der Waals surface area contributed by atoms with Gasteiger partial charge in [-0.2, -0.15) is 0 Å². The number of nitrogens with zero attached hydrogens (tertiary/aromatic N) is 2. The minimum Gasteiger partial charge on any atom is -0.296 e. The number of pyridine rings is 1. The highest BCUT2D eigenvalue weighted by molar-refractivity contribution is 9.10. The van der Waals surface area contributed by atoms with Gasteiger partial charge in [0.15, 0.2) is 0 Å². The van der Waals surface area contributed by atoms with Crippen molar-refractivity contribution in [3.63, 3.8) is 0 Å². The summed E-state index contributed by atoms with van der Waals surface area (Å²) in [5, 5.41) is 0. The van der Waals surface area contributed by atoms with E-state index in [2.05, 4.69) is 38.8 Å². The highest BCUT2D eigenvalue weighted by Crippen LogP contribution is 2.34. The summed E-state index contributed by atoms with van der Waals surface area (Å²) in [4.78, 5) is 6.88. The molecular formula is C12H17BrN2. The first kappa shape index (κ1) is 11.1. The summed E-state index contributed by atoms with van der Waals surface area (Å²) in [5.41, 5.74) is 1.35. The van der Waals surface area contributed by atoms with E-state index >= 15 is 0 Å². The molecule has 0 aromatic carbocycles. The zero-order chi connectivity index (χ0) is 10.7. The number of aromatic nitrogens is 1. The molecule has 1 unspecified atom stereocenters. The highest BCUT2D eigenvalue weighted by atomic mass is 79.9. The topological polar surface area (TPSA) is 16.1 Å². The van der Waals surface area contributed by atoms with Crippen molar-refractivity contribution in [3.05, 3.63) is 28.5 Å². The zero-order valence-corrected chi connectivity index (χ0v) is 10.7. The molecule has 0 spiro atoms. The van der Waals surface area contributed by atoms with E-state index in [9.17, 15) is 0 Å². The lowest BCUT2D eigenvalue weighted by Gasteiger charge is -2.24. The molecular weight excluding hydrogens is 252 g/mol. The average Bonchev–Trinajstić information content (AvgIpc) is 2.67. The molecule has 1 aromatic rings. The lowest BCUT2D eigenvalue weighted by Crippen LogP contribution is -2.24. The molecule has 1 fully saturated rings. The Morgan fingerprint density at radius 1 is 1.60 bits per heavy atom. The van der Waals surface area contributed by atoms with Gasteiger partial charge in [-0.15, -0.1) is 0 Å². The van der Waals surface area contributed by atoms with E-state index in [1.807, 2.05) is 12.3 Å². The van der Waals surface area contributed by atoms with E-state index in [4.69, 9.17) is 0 Å². The number of likely N-dealkylation sites (tertiary alicyclic amines) is 1. The molecule has 1 aliphatic rings. The maximum absolute atomic E-state index is 4.31. The molecule has 2 heterocycles. The zero-order valence-electron chi connectivity index (χ0n) is 9.12. The quantitative estimate of drug-likeness (QED) is 0.782. The van der Waals surface area contributed by atoms with Gasteiger partial charge in [0.2, 0.25) is 0 Å². The molecule has 1 saturated heterocycles. The van der Waals surface area contributed by atoms with E-state index in [-0.39, 0.29) is 0 Å². The Labute approximate surface area is 99.8 Å². The number of halogens is 1. The Kier molecular flexibility index (Phi) is 3.76. The van der Waals surface area contributed by atoms with Gasteiger partial charge in [-0.25, -0.2) is 4.98 Å². The van der Waals surface area contributed by atoms with Crippen molar-refractivity contribution in [3.8, 4) is 0 Å². The van der Waals surface area contributed by atoms with Crippen LogP contribution in [0.1, 0.15) is 37.8 Å². The second-order valence-electron chi connectivity index (χ2n) is 4.08. The molecule has 15 heavy (non-hydrogen) atoms. The molecule has 0 radical (unpaired) electrons. The fourth-order valence-electron chi connectivity index (χ4n) is 2.38. The van der Waals surface area contributed by atoms with Crippen LogP contribution >= 0.6 is 15.9 Å². The van der Waals surface area contributed by atoms with Gasteiger partial charge in [-0.05, 0) is 54.3 Å². The number of hydrogen-bond donors (Lipinski definition) is 0. The number of hydrogen-bond acceptors (Lipinski definition) is 2. The van der Waals surface area contributed by atoms with Crippen LogP contribution in [0.3, 0.4) is 0 Å². The summed E-state index contributed by atoms with van der Waals surface area (Å²) in [5.74, 6) is 0. The Morgan fingerprint density at radius 3 is 3.20 bits per heavy atom. The van der Waals surface area contributed by atoms with Crippen LogP contribution in [0.5, 0.6) is 0 Å². The fraction of sp³-hybridized carbons (Fsp3) is 0.583. The van der Waals surface area contributed by atoms with Gasteiger partial charge in [0, 0.05) is 17.8 Å². The van der Waals surface area contributed by atoms with Crippen molar-refractivity contribution >= 4 is 15.9 Å². The predicted molar refractivity (Wildman–Crippen MR) is 65.8 cm³/mol. The van der Waals surface area contributed by atoms with E-state index in [1.165, 1.54) is 37.9 Å². The first-order valence-corrected chi connectivity index (χ1v) is 6.46. The SMILES string of the molecule is CCCN1CCCC1c1cccnc1Br. The van der Waals surface area contributed by atoms with Crippen LogP contribution in [0, 0.1) is 0 Å². The van der Waals surface area contributed by atoms with Gasteiger partial charge in [-0.3, -0.25) is 4.90 Å². The first-order valence-electron chi connectivity index (χ1n) is 5.67. The minimum absolute atomic E-state index is 0.577. The predicted octanol–water partition coefficient (Wildman–Crippen LogP) is 3.39. The van der Waals surface area contributed by atoms with Crippen molar-refractivity contribution in [1.82, 2.24) is 9.88 Å². The van der Waals surface area contributed by atoms with Gasteiger partial charge in [0.05, 0.1) is 0 Å². The second-order valence-corrected chi connectivity index (χ2v) is 4.83. The van der Waals surface area contributed by atoms with E-state index in [1.54, 1.807) is 0 Å². The smallest absolute Gasteiger partial charge is 0.110 e. The van der Waals surface area contributed by atoms with Crippen molar-refractivity contribution in [2.24, 2.45) is 0 Å². The summed E-state index contributed by atoms with van der Waals surface area (Å²) < 4.78 is 1.01. The summed E-state index contributed by atoms with van der Waals surface area (Å²) >= 11 is 3.55. The lowest BCUT2D eigenvalue weighted by atomic mass is 10.1. The van der Waals surface area contributed by atoms with E-state index in [0.717, 1.165) is 4.60 Å². The average molecular weight is 269 g/mol. The minimum atomic E-state index is 0.577. The standard InChI is InChI=1S/C12H17BrN2/c1-2-8-15-9-4-6-11(15)10-5-3-7-14-12(10)13/h3,5,7,11H,2,4,6,8-9H2,1H3. The molecule has 0 bridgehead atoms.